The number of carbonyl (C=O) groups excluding carboxylic acids is 1. The number of hydrogen-bond donors (Lipinski definition) is 2. The Labute approximate surface area is 124 Å². The summed E-state index contributed by atoms with van der Waals surface area (Å²) in [6.07, 6.45) is 2.70. The van der Waals surface area contributed by atoms with E-state index in [0.29, 0.717) is 13.1 Å². The van der Waals surface area contributed by atoms with Crippen molar-refractivity contribution < 1.29 is 9.90 Å². The van der Waals surface area contributed by atoms with Gasteiger partial charge in [0.15, 0.2) is 0 Å². The van der Waals surface area contributed by atoms with Gasteiger partial charge in [-0.2, -0.15) is 0 Å². The minimum Gasteiger partial charge on any atom is -0.393 e. The topological polar surface area (TPSA) is 52.6 Å². The third-order valence-corrected chi connectivity index (χ3v) is 5.06. The molecule has 0 saturated heterocycles. The van der Waals surface area contributed by atoms with E-state index >= 15 is 0 Å². The maximum Gasteiger partial charge on any atom is 0.317 e. The van der Waals surface area contributed by atoms with E-state index in [1.54, 1.807) is 23.3 Å². The molecule has 2 amide bonds. The van der Waals surface area contributed by atoms with Crippen molar-refractivity contribution in [3.8, 4) is 0 Å². The lowest BCUT2D eigenvalue weighted by Gasteiger charge is -2.23. The minimum absolute atomic E-state index is 0.0626. The molecule has 0 spiro atoms. The predicted octanol–water partition coefficient (Wildman–Crippen LogP) is 2.67. The van der Waals surface area contributed by atoms with Gasteiger partial charge in [0.25, 0.3) is 0 Å². The first-order valence-corrected chi connectivity index (χ1v) is 8.02. The Morgan fingerprint density at radius 1 is 1.50 bits per heavy atom. The standard InChI is InChI=1S/C15H24N2O2S/c1-10-7-13(11(2)20-10)8-16-15(19)17(3)9-12-5-4-6-14(12)18/h7,12,14,18H,4-6,8-9H2,1-3H3,(H,16,19). The molecule has 2 rings (SSSR count). The molecule has 1 aliphatic rings. The van der Waals surface area contributed by atoms with E-state index in [0.717, 1.165) is 19.3 Å². The molecule has 1 saturated carbocycles. The van der Waals surface area contributed by atoms with Gasteiger partial charge in [-0.25, -0.2) is 4.79 Å². The van der Waals surface area contributed by atoms with Gasteiger partial charge in [0.2, 0.25) is 0 Å². The smallest absolute Gasteiger partial charge is 0.317 e. The van der Waals surface area contributed by atoms with Crippen LogP contribution in [0.1, 0.15) is 34.6 Å². The Kier molecular flexibility index (Phi) is 5.05. The van der Waals surface area contributed by atoms with Crippen LogP contribution in [0.15, 0.2) is 6.07 Å². The van der Waals surface area contributed by atoms with Crippen molar-refractivity contribution in [2.24, 2.45) is 5.92 Å². The van der Waals surface area contributed by atoms with Crippen LogP contribution in [0, 0.1) is 19.8 Å². The van der Waals surface area contributed by atoms with Crippen LogP contribution in [0.5, 0.6) is 0 Å². The van der Waals surface area contributed by atoms with Crippen molar-refractivity contribution in [1.29, 1.82) is 0 Å². The van der Waals surface area contributed by atoms with Gasteiger partial charge >= 0.3 is 6.03 Å². The van der Waals surface area contributed by atoms with Crippen LogP contribution in [0.25, 0.3) is 0 Å². The Morgan fingerprint density at radius 3 is 2.80 bits per heavy atom. The Bertz CT molecular complexity index is 472. The fourth-order valence-corrected chi connectivity index (χ4v) is 3.78. The van der Waals surface area contributed by atoms with Crippen molar-refractivity contribution in [3.05, 3.63) is 21.4 Å². The van der Waals surface area contributed by atoms with Gasteiger partial charge in [-0.05, 0) is 38.3 Å². The molecule has 0 bridgehead atoms. The molecule has 1 aromatic heterocycles. The number of thiophene rings is 1. The monoisotopic (exact) mass is 296 g/mol. The Hall–Kier alpha value is -1.07. The number of nitrogens with one attached hydrogen (secondary N) is 1. The first kappa shape index (κ1) is 15.3. The average molecular weight is 296 g/mol. The molecular formula is C15H24N2O2S. The number of amides is 2. The van der Waals surface area contributed by atoms with Crippen LogP contribution in [0.3, 0.4) is 0 Å². The molecule has 1 aliphatic carbocycles. The molecule has 1 aromatic rings. The summed E-state index contributed by atoms with van der Waals surface area (Å²) in [7, 11) is 1.80. The molecule has 2 unspecified atom stereocenters. The van der Waals surface area contributed by atoms with Gasteiger partial charge in [-0.15, -0.1) is 11.3 Å². The van der Waals surface area contributed by atoms with Crippen LogP contribution >= 0.6 is 11.3 Å². The Balaban J connectivity index is 1.80. The molecule has 0 radical (unpaired) electrons. The second-order valence-corrected chi connectivity index (χ2v) is 7.20. The maximum absolute atomic E-state index is 12.1. The van der Waals surface area contributed by atoms with Crippen molar-refractivity contribution in [1.82, 2.24) is 10.2 Å². The van der Waals surface area contributed by atoms with E-state index in [1.807, 2.05) is 0 Å². The minimum atomic E-state index is -0.244. The highest BCUT2D eigenvalue weighted by atomic mass is 32.1. The van der Waals surface area contributed by atoms with E-state index in [-0.39, 0.29) is 18.1 Å². The summed E-state index contributed by atoms with van der Waals surface area (Å²) in [6, 6.07) is 2.06. The molecule has 1 fully saturated rings. The number of aryl methyl sites for hydroxylation is 2. The summed E-state index contributed by atoms with van der Waals surface area (Å²) >= 11 is 1.76. The molecule has 20 heavy (non-hydrogen) atoms. The van der Waals surface area contributed by atoms with Crippen molar-refractivity contribution >= 4 is 17.4 Å². The van der Waals surface area contributed by atoms with E-state index in [4.69, 9.17) is 0 Å². The quantitative estimate of drug-likeness (QED) is 0.897. The molecular weight excluding hydrogens is 272 g/mol. The maximum atomic E-state index is 12.1. The molecule has 2 N–H and O–H groups in total. The molecule has 112 valence electrons. The van der Waals surface area contributed by atoms with Gasteiger partial charge in [-0.1, -0.05) is 6.42 Å². The van der Waals surface area contributed by atoms with Gasteiger partial charge in [0, 0.05) is 35.8 Å². The zero-order chi connectivity index (χ0) is 14.7. The van der Waals surface area contributed by atoms with Crippen LogP contribution in [-0.4, -0.2) is 35.7 Å². The van der Waals surface area contributed by atoms with E-state index in [2.05, 4.69) is 25.2 Å². The molecule has 1 heterocycles. The average Bonchev–Trinajstić information content (AvgIpc) is 2.93. The second kappa shape index (κ2) is 6.59. The number of urea groups is 1. The fraction of sp³-hybridized carbons (Fsp3) is 0.667. The highest BCUT2D eigenvalue weighted by molar-refractivity contribution is 7.12. The SMILES string of the molecule is Cc1cc(CNC(=O)N(C)CC2CCCC2O)c(C)s1. The summed E-state index contributed by atoms with van der Waals surface area (Å²) in [5.41, 5.74) is 1.19. The highest BCUT2D eigenvalue weighted by Crippen LogP contribution is 2.26. The summed E-state index contributed by atoms with van der Waals surface area (Å²) in [4.78, 5) is 16.3. The first-order chi connectivity index (χ1) is 9.47. The zero-order valence-corrected chi connectivity index (χ0v) is 13.3. The molecule has 5 heteroatoms. The summed E-state index contributed by atoms with van der Waals surface area (Å²) in [5, 5.41) is 12.8. The fourth-order valence-electron chi connectivity index (χ4n) is 2.83. The molecule has 4 nitrogen and oxygen atoms in total. The van der Waals surface area contributed by atoms with Crippen LogP contribution in [-0.2, 0) is 6.54 Å². The van der Waals surface area contributed by atoms with Gasteiger partial charge in [-0.3, -0.25) is 0 Å². The number of nitrogens with zero attached hydrogens (tertiary/aromatic N) is 1. The second-order valence-electron chi connectivity index (χ2n) is 5.74. The van der Waals surface area contributed by atoms with Gasteiger partial charge < -0.3 is 15.3 Å². The summed E-state index contributed by atoms with van der Waals surface area (Å²) in [6.45, 7) is 5.37. The summed E-state index contributed by atoms with van der Waals surface area (Å²) < 4.78 is 0. The zero-order valence-electron chi connectivity index (χ0n) is 12.5. The van der Waals surface area contributed by atoms with Crippen LogP contribution < -0.4 is 5.32 Å². The largest absolute Gasteiger partial charge is 0.393 e. The number of aliphatic hydroxyl groups is 1. The van der Waals surface area contributed by atoms with Crippen LogP contribution in [0.4, 0.5) is 4.79 Å². The summed E-state index contributed by atoms with van der Waals surface area (Å²) in [5.74, 6) is 0.232. The van der Waals surface area contributed by atoms with E-state index < -0.39 is 0 Å². The number of carbonyl (C=O) groups is 1. The lowest BCUT2D eigenvalue weighted by molar-refractivity contribution is 0.114. The van der Waals surface area contributed by atoms with Crippen molar-refractivity contribution in [2.75, 3.05) is 13.6 Å². The number of hydrogen-bond acceptors (Lipinski definition) is 3. The normalized spacial score (nSPS) is 22.0. The van der Waals surface area contributed by atoms with E-state index in [1.165, 1.54) is 15.3 Å². The lowest BCUT2D eigenvalue weighted by Crippen LogP contribution is -2.40. The number of aliphatic hydroxyl groups excluding tert-OH is 1. The van der Waals surface area contributed by atoms with Gasteiger partial charge in [0.05, 0.1) is 6.10 Å². The molecule has 0 aromatic carbocycles. The van der Waals surface area contributed by atoms with Crippen molar-refractivity contribution in [3.63, 3.8) is 0 Å². The molecule has 2 atom stereocenters. The molecule has 0 aliphatic heterocycles. The van der Waals surface area contributed by atoms with E-state index in [9.17, 15) is 9.90 Å². The van der Waals surface area contributed by atoms with Crippen LogP contribution in [0.2, 0.25) is 0 Å². The number of rotatable bonds is 4. The highest BCUT2D eigenvalue weighted by Gasteiger charge is 2.27. The van der Waals surface area contributed by atoms with Crippen molar-refractivity contribution in [2.45, 2.75) is 45.8 Å². The predicted molar refractivity (Wildman–Crippen MR) is 82.0 cm³/mol. The third-order valence-electron chi connectivity index (χ3n) is 4.05. The Morgan fingerprint density at radius 2 is 2.25 bits per heavy atom. The lowest BCUT2D eigenvalue weighted by atomic mass is 10.1. The third kappa shape index (κ3) is 3.73. The first-order valence-electron chi connectivity index (χ1n) is 7.20. The van der Waals surface area contributed by atoms with Gasteiger partial charge in [0.1, 0.15) is 0 Å².